The number of carboxylic acid groups (broad SMARTS) is 2. The van der Waals surface area contributed by atoms with Gasteiger partial charge in [0.05, 0.1) is 7.79 Å². The Morgan fingerprint density at radius 2 is 2.33 bits per heavy atom. The maximum atomic E-state index is 10.3. The highest BCUT2D eigenvalue weighted by atomic mass is 16.4. The second-order valence-electron chi connectivity index (χ2n) is 1.32. The molecule has 0 saturated carbocycles. The molecular formula is C4H7NO4. The molecule has 0 fully saturated rings. The summed E-state index contributed by atoms with van der Waals surface area (Å²) in [5, 5.41) is 16.5. The topological polar surface area (TPSA) is 101 Å². The van der Waals surface area contributed by atoms with Gasteiger partial charge < -0.3 is 15.9 Å². The van der Waals surface area contributed by atoms with Crippen LogP contribution in [0.4, 0.5) is 0 Å². The Kier molecular flexibility index (Phi) is 1.29. The SMILES string of the molecule is [2H]N([2H])C([2H])(CC(=O)O)C(=O)O. The Labute approximate surface area is 55.4 Å². The van der Waals surface area contributed by atoms with Crippen molar-refractivity contribution >= 4 is 11.9 Å². The lowest BCUT2D eigenvalue weighted by atomic mass is 10.2. The van der Waals surface area contributed by atoms with Crippen LogP contribution in [0, 0.1) is 0 Å². The molecule has 1 unspecified atom stereocenters. The second kappa shape index (κ2) is 3.03. The molecule has 0 aromatic carbocycles. The maximum absolute atomic E-state index is 10.3. The van der Waals surface area contributed by atoms with Crippen molar-refractivity contribution in [2.24, 2.45) is 5.72 Å². The summed E-state index contributed by atoms with van der Waals surface area (Å²) in [6, 6.07) is -2.74. The molecule has 0 saturated heterocycles. The second-order valence-corrected chi connectivity index (χ2v) is 1.32. The van der Waals surface area contributed by atoms with E-state index in [1.54, 1.807) is 0 Å². The van der Waals surface area contributed by atoms with Gasteiger partial charge in [-0.15, -0.1) is 0 Å². The fourth-order valence-electron chi connectivity index (χ4n) is 0.219. The fourth-order valence-corrected chi connectivity index (χ4v) is 0.219. The average molecular weight is 136 g/mol. The minimum atomic E-state index is -2.74. The molecule has 0 bridgehead atoms. The van der Waals surface area contributed by atoms with Gasteiger partial charge in [0, 0.05) is 0 Å². The third-order valence-electron chi connectivity index (χ3n) is 0.566. The molecule has 0 aliphatic rings. The third kappa shape index (κ3) is 3.48. The zero-order valence-electron chi connectivity index (χ0n) is 7.37. The van der Waals surface area contributed by atoms with Crippen molar-refractivity contribution < 1.29 is 24.0 Å². The molecule has 52 valence electrons. The molecule has 1 atom stereocenters. The first-order valence-corrected chi connectivity index (χ1v) is 2.04. The quantitative estimate of drug-likeness (QED) is 0.454. The molecule has 0 amide bonds. The van der Waals surface area contributed by atoms with Crippen molar-refractivity contribution in [3.63, 3.8) is 0 Å². The van der Waals surface area contributed by atoms with Crippen LogP contribution < -0.4 is 5.72 Å². The van der Waals surface area contributed by atoms with E-state index in [-0.39, 0.29) is 0 Å². The van der Waals surface area contributed by atoms with Gasteiger partial charge in [0.1, 0.15) is 8.84 Å². The van der Waals surface area contributed by atoms with Gasteiger partial charge in [-0.2, -0.15) is 0 Å². The molecule has 0 spiro atoms. The fraction of sp³-hybridized carbons (Fsp3) is 0.500. The molecule has 9 heavy (non-hydrogen) atoms. The Hall–Kier alpha value is -1.10. The summed E-state index contributed by atoms with van der Waals surface area (Å²) in [6.07, 6.45) is -1.12. The first-order valence-electron chi connectivity index (χ1n) is 3.43. The van der Waals surface area contributed by atoms with Crippen molar-refractivity contribution in [2.75, 3.05) is 0 Å². The summed E-state index contributed by atoms with van der Waals surface area (Å²) in [6.45, 7) is 0. The van der Waals surface area contributed by atoms with Gasteiger partial charge in [0.2, 0.25) is 0 Å². The Bertz CT molecular complexity index is 208. The predicted octanol–water partition coefficient (Wildman–Crippen LogP) is -1.13. The molecule has 0 rings (SSSR count). The van der Waals surface area contributed by atoms with Crippen LogP contribution in [0.25, 0.3) is 0 Å². The Morgan fingerprint density at radius 1 is 1.78 bits per heavy atom. The molecule has 0 aromatic rings. The molecule has 4 N–H and O–H groups in total. The molecule has 5 nitrogen and oxygen atoms in total. The highest BCUT2D eigenvalue weighted by molar-refractivity contribution is 5.80. The summed E-state index contributed by atoms with van der Waals surface area (Å²) in [7, 11) is 0. The summed E-state index contributed by atoms with van der Waals surface area (Å²) < 4.78 is 20.0. The van der Waals surface area contributed by atoms with Crippen LogP contribution in [0.5, 0.6) is 0 Å². The smallest absolute Gasteiger partial charge is 0.321 e. The number of carbonyl (C=O) groups is 2. The predicted molar refractivity (Wildman–Crippen MR) is 27.9 cm³/mol. The molecule has 0 aliphatic carbocycles. The zero-order chi connectivity index (χ0) is 9.94. The first kappa shape index (κ1) is 3.84. The zero-order valence-corrected chi connectivity index (χ0v) is 4.37. The summed E-state index contributed by atoms with van der Waals surface area (Å²) >= 11 is 0. The summed E-state index contributed by atoms with van der Waals surface area (Å²) in [4.78, 5) is 20.3. The van der Waals surface area contributed by atoms with Crippen molar-refractivity contribution in [3.05, 3.63) is 0 Å². The third-order valence-corrected chi connectivity index (χ3v) is 0.566. The van der Waals surface area contributed by atoms with Gasteiger partial charge in [-0.05, 0) is 0 Å². The number of hydrogen-bond acceptors (Lipinski definition) is 3. The first-order chi connectivity index (χ1) is 5.30. The van der Waals surface area contributed by atoms with Crippen LogP contribution in [0.3, 0.4) is 0 Å². The largest absolute Gasteiger partial charge is 0.481 e. The molecule has 0 aliphatic heterocycles. The van der Waals surface area contributed by atoms with Gasteiger partial charge in [-0.25, -0.2) is 0 Å². The minimum absolute atomic E-state index is 0.455. The van der Waals surface area contributed by atoms with E-state index in [0.29, 0.717) is 0 Å². The number of aliphatic carboxylic acids is 2. The van der Waals surface area contributed by atoms with Gasteiger partial charge in [0.25, 0.3) is 0 Å². The van der Waals surface area contributed by atoms with E-state index >= 15 is 0 Å². The van der Waals surface area contributed by atoms with E-state index in [4.69, 9.17) is 14.4 Å². The summed E-state index contributed by atoms with van der Waals surface area (Å²) in [5.41, 5.74) is -0.455. The average Bonchev–Trinajstić information content (AvgIpc) is 1.84. The number of carboxylic acids is 2. The number of rotatable bonds is 4. The minimum Gasteiger partial charge on any atom is -0.481 e. The van der Waals surface area contributed by atoms with Crippen molar-refractivity contribution in [3.8, 4) is 0 Å². The maximum Gasteiger partial charge on any atom is 0.321 e. The lowest BCUT2D eigenvalue weighted by Gasteiger charge is -1.99. The van der Waals surface area contributed by atoms with E-state index < -0.39 is 30.1 Å². The van der Waals surface area contributed by atoms with Crippen LogP contribution in [0.1, 0.15) is 7.79 Å². The highest BCUT2D eigenvalue weighted by Gasteiger charge is 2.14. The Balaban J connectivity index is 4.62. The monoisotopic (exact) mass is 136 g/mol. The van der Waals surface area contributed by atoms with Crippen molar-refractivity contribution in [1.29, 1.82) is 0 Å². The van der Waals surface area contributed by atoms with E-state index in [9.17, 15) is 9.59 Å². The van der Waals surface area contributed by atoms with Gasteiger partial charge >= 0.3 is 11.9 Å². The van der Waals surface area contributed by atoms with Crippen LogP contribution in [0.15, 0.2) is 0 Å². The Morgan fingerprint density at radius 3 is 2.44 bits per heavy atom. The van der Waals surface area contributed by atoms with Crippen LogP contribution in [-0.4, -0.2) is 28.2 Å². The normalized spacial score (nSPS) is 21.2. The molecule has 5 heteroatoms. The van der Waals surface area contributed by atoms with Gasteiger partial charge in [-0.1, -0.05) is 0 Å². The standard InChI is InChI=1S/C4H7NO4/c5-2(4(8)9)1-3(6)7/h2H,1,5H2,(H,6,7)(H,8,9)/i2D/hD2. The molecule has 0 heterocycles. The van der Waals surface area contributed by atoms with Crippen molar-refractivity contribution in [1.82, 2.24) is 0 Å². The van der Waals surface area contributed by atoms with Crippen LogP contribution in [-0.2, 0) is 9.59 Å². The van der Waals surface area contributed by atoms with E-state index in [1.807, 2.05) is 0 Å². The van der Waals surface area contributed by atoms with Gasteiger partial charge in [-0.3, -0.25) is 9.59 Å². The lowest BCUT2D eigenvalue weighted by Crippen LogP contribution is -2.32. The van der Waals surface area contributed by atoms with Gasteiger partial charge in [0.15, 0.2) is 0 Å². The number of nitrogens with two attached hydrogens (primary N) is 1. The van der Waals surface area contributed by atoms with Crippen molar-refractivity contribution in [2.45, 2.75) is 12.4 Å². The van der Waals surface area contributed by atoms with Crippen LogP contribution in [0.2, 0.25) is 2.82 Å². The molecular weight excluding hydrogens is 126 g/mol. The number of hydrogen-bond donors (Lipinski definition) is 3. The highest BCUT2D eigenvalue weighted by Crippen LogP contribution is 1.86. The van der Waals surface area contributed by atoms with E-state index in [2.05, 4.69) is 0 Å². The lowest BCUT2D eigenvalue weighted by molar-refractivity contribution is -0.144. The summed E-state index contributed by atoms with van der Waals surface area (Å²) in [5.74, 6) is -3.38. The van der Waals surface area contributed by atoms with E-state index in [1.165, 1.54) is 0 Å². The van der Waals surface area contributed by atoms with Crippen LogP contribution >= 0.6 is 0 Å². The molecule has 0 aromatic heterocycles. The van der Waals surface area contributed by atoms with E-state index in [0.717, 1.165) is 0 Å². The molecule has 0 radical (unpaired) electrons.